The van der Waals surface area contributed by atoms with E-state index in [-0.39, 0.29) is 5.43 Å². The number of ether oxygens (including phenoxy) is 3. The number of methoxy groups -OCH3 is 2. The van der Waals surface area contributed by atoms with Crippen molar-refractivity contribution in [3.63, 3.8) is 0 Å². The van der Waals surface area contributed by atoms with Crippen molar-refractivity contribution < 1.29 is 18.6 Å². The molecule has 0 spiro atoms. The first-order valence-corrected chi connectivity index (χ1v) is 9.79. The zero-order chi connectivity index (χ0) is 20.1. The maximum Gasteiger partial charge on any atom is 0.200 e. The topological polar surface area (TPSA) is 61.1 Å². The Morgan fingerprint density at radius 2 is 1.86 bits per heavy atom. The molecule has 1 saturated carbocycles. The van der Waals surface area contributed by atoms with Crippen LogP contribution in [-0.2, 0) is 6.54 Å². The van der Waals surface area contributed by atoms with E-state index in [4.69, 9.17) is 18.6 Å². The summed E-state index contributed by atoms with van der Waals surface area (Å²) in [6.07, 6.45) is 2.41. The fourth-order valence-corrected chi connectivity index (χ4v) is 4.09. The lowest BCUT2D eigenvalue weighted by molar-refractivity contribution is 0.0885. The van der Waals surface area contributed by atoms with Crippen LogP contribution in [0, 0.1) is 6.92 Å². The highest BCUT2D eigenvalue weighted by atomic mass is 16.5. The van der Waals surface area contributed by atoms with Crippen LogP contribution in [0.5, 0.6) is 17.2 Å². The monoisotopic (exact) mass is 393 g/mol. The Morgan fingerprint density at radius 1 is 1.07 bits per heavy atom. The predicted molar refractivity (Wildman–Crippen MR) is 110 cm³/mol. The quantitative estimate of drug-likeness (QED) is 0.665. The van der Waals surface area contributed by atoms with Crippen LogP contribution in [-0.4, -0.2) is 31.9 Å². The van der Waals surface area contributed by atoms with Gasteiger partial charge < -0.3 is 18.6 Å². The minimum Gasteiger partial charge on any atom is -0.493 e. The van der Waals surface area contributed by atoms with Crippen LogP contribution in [0.15, 0.2) is 39.5 Å². The van der Waals surface area contributed by atoms with Crippen LogP contribution in [0.4, 0.5) is 0 Å². The third-order valence-corrected chi connectivity index (χ3v) is 5.78. The van der Waals surface area contributed by atoms with Gasteiger partial charge in [0.25, 0.3) is 0 Å². The van der Waals surface area contributed by atoms with E-state index in [9.17, 15) is 4.79 Å². The third kappa shape index (κ3) is 2.95. The molecule has 6 nitrogen and oxygen atoms in total. The molecule has 5 rings (SSSR count). The van der Waals surface area contributed by atoms with E-state index in [0.29, 0.717) is 46.6 Å². The molecule has 0 bridgehead atoms. The van der Waals surface area contributed by atoms with E-state index < -0.39 is 0 Å². The molecular weight excluding hydrogens is 370 g/mol. The molecule has 0 amide bonds. The van der Waals surface area contributed by atoms with Crippen molar-refractivity contribution in [1.82, 2.24) is 4.90 Å². The summed E-state index contributed by atoms with van der Waals surface area (Å²) in [5, 5.41) is 0.570. The minimum atomic E-state index is -0.0534. The van der Waals surface area contributed by atoms with Gasteiger partial charge in [0.1, 0.15) is 23.8 Å². The number of rotatable bonds is 4. The van der Waals surface area contributed by atoms with Crippen LogP contribution >= 0.6 is 0 Å². The molecule has 29 heavy (non-hydrogen) atoms. The molecule has 3 aromatic rings. The second-order valence-corrected chi connectivity index (χ2v) is 7.60. The molecule has 2 heterocycles. The fraction of sp³-hybridized carbons (Fsp3) is 0.348. The maximum absolute atomic E-state index is 13.4. The lowest BCUT2D eigenvalue weighted by Crippen LogP contribution is -2.34. The van der Waals surface area contributed by atoms with Gasteiger partial charge in [0.15, 0.2) is 11.5 Å². The minimum absolute atomic E-state index is 0.0534. The predicted octanol–water partition coefficient (Wildman–Crippen LogP) is 4.10. The number of benzene rings is 2. The van der Waals surface area contributed by atoms with E-state index in [1.807, 2.05) is 19.1 Å². The number of fused-ring (bicyclic) bond motifs is 3. The number of hydrogen-bond donors (Lipinski definition) is 0. The number of nitrogens with zero attached hydrogens (tertiary/aromatic N) is 1. The van der Waals surface area contributed by atoms with Crippen LogP contribution < -0.4 is 19.6 Å². The van der Waals surface area contributed by atoms with Crippen molar-refractivity contribution in [2.75, 3.05) is 21.0 Å². The summed E-state index contributed by atoms with van der Waals surface area (Å²) < 4.78 is 22.9. The Kier molecular flexibility index (Phi) is 4.24. The Morgan fingerprint density at radius 3 is 2.59 bits per heavy atom. The Hall–Kier alpha value is -2.99. The third-order valence-electron chi connectivity index (χ3n) is 5.78. The molecular formula is C23H23NO5. The summed E-state index contributed by atoms with van der Waals surface area (Å²) in [7, 11) is 3.17. The maximum atomic E-state index is 13.4. The molecule has 0 N–H and O–H groups in total. The average molecular weight is 393 g/mol. The smallest absolute Gasteiger partial charge is 0.200 e. The molecule has 1 fully saturated rings. The first kappa shape index (κ1) is 18.1. The molecule has 1 aromatic heterocycles. The number of aryl methyl sites for hydroxylation is 1. The van der Waals surface area contributed by atoms with Crippen molar-refractivity contribution >= 4 is 11.0 Å². The van der Waals surface area contributed by atoms with Gasteiger partial charge >= 0.3 is 0 Å². The first-order chi connectivity index (χ1) is 14.1. The second-order valence-electron chi connectivity index (χ2n) is 7.60. The summed E-state index contributed by atoms with van der Waals surface area (Å²) in [5.41, 5.74) is 2.81. The van der Waals surface area contributed by atoms with Crippen LogP contribution in [0.2, 0.25) is 0 Å². The summed E-state index contributed by atoms with van der Waals surface area (Å²) in [6, 6.07) is 9.72. The highest BCUT2D eigenvalue weighted by Gasteiger charge is 2.33. The van der Waals surface area contributed by atoms with Gasteiger partial charge in [0.05, 0.1) is 30.7 Å². The van der Waals surface area contributed by atoms with Gasteiger partial charge in [-0.2, -0.15) is 0 Å². The normalized spacial score (nSPS) is 16.4. The standard InChI is InChI=1S/C23H23NO5/c1-13-21(14-4-8-19(26-2)20(10-14)27-3)22(25)16-7-9-18-17(23(16)29-13)11-24(12-28-18)15-5-6-15/h4,7-10,15H,5-6,11-12H2,1-3H3. The number of hydrogen-bond acceptors (Lipinski definition) is 6. The molecule has 0 saturated heterocycles. The summed E-state index contributed by atoms with van der Waals surface area (Å²) >= 11 is 0. The first-order valence-electron chi connectivity index (χ1n) is 9.79. The molecule has 2 aliphatic rings. The molecule has 0 unspecified atom stereocenters. The average Bonchev–Trinajstić information content (AvgIpc) is 3.58. The van der Waals surface area contributed by atoms with E-state index in [0.717, 1.165) is 23.4 Å². The van der Waals surface area contributed by atoms with Gasteiger partial charge in [-0.05, 0) is 49.6 Å². The lowest BCUT2D eigenvalue weighted by atomic mass is 10.00. The Bertz CT molecular complexity index is 1160. The van der Waals surface area contributed by atoms with E-state index in [1.54, 1.807) is 32.4 Å². The zero-order valence-electron chi connectivity index (χ0n) is 16.8. The largest absolute Gasteiger partial charge is 0.493 e. The molecule has 1 aliphatic heterocycles. The Labute approximate surface area is 168 Å². The highest BCUT2D eigenvalue weighted by Crippen LogP contribution is 2.38. The molecule has 0 radical (unpaired) electrons. The van der Waals surface area contributed by atoms with Gasteiger partial charge in [-0.15, -0.1) is 0 Å². The SMILES string of the molecule is COc1ccc(-c2c(C)oc3c4c(ccc3c2=O)OCN(C2CC2)C4)cc1OC. The van der Waals surface area contributed by atoms with Crippen molar-refractivity contribution in [3.8, 4) is 28.4 Å². The molecule has 150 valence electrons. The van der Waals surface area contributed by atoms with Gasteiger partial charge in [-0.3, -0.25) is 9.69 Å². The van der Waals surface area contributed by atoms with E-state index in [2.05, 4.69) is 4.90 Å². The lowest BCUT2D eigenvalue weighted by Gasteiger charge is -2.29. The van der Waals surface area contributed by atoms with Crippen molar-refractivity contribution in [1.29, 1.82) is 0 Å². The molecule has 6 heteroatoms. The molecule has 1 aliphatic carbocycles. The van der Waals surface area contributed by atoms with Gasteiger partial charge in [-0.1, -0.05) is 6.07 Å². The van der Waals surface area contributed by atoms with Crippen LogP contribution in [0.1, 0.15) is 24.2 Å². The molecule has 2 aromatic carbocycles. The van der Waals surface area contributed by atoms with Crippen molar-refractivity contribution in [2.45, 2.75) is 32.4 Å². The van der Waals surface area contributed by atoms with Gasteiger partial charge in [-0.25, -0.2) is 0 Å². The summed E-state index contributed by atoms with van der Waals surface area (Å²) in [6.45, 7) is 3.17. The van der Waals surface area contributed by atoms with Gasteiger partial charge in [0.2, 0.25) is 5.43 Å². The van der Waals surface area contributed by atoms with Crippen LogP contribution in [0.25, 0.3) is 22.1 Å². The fourth-order valence-electron chi connectivity index (χ4n) is 4.09. The Balaban J connectivity index is 1.67. The second kappa shape index (κ2) is 6.81. The summed E-state index contributed by atoms with van der Waals surface area (Å²) in [5.74, 6) is 2.57. The zero-order valence-corrected chi connectivity index (χ0v) is 16.8. The van der Waals surface area contributed by atoms with E-state index in [1.165, 1.54) is 12.8 Å². The van der Waals surface area contributed by atoms with E-state index >= 15 is 0 Å². The van der Waals surface area contributed by atoms with Crippen molar-refractivity contribution in [2.24, 2.45) is 0 Å². The highest BCUT2D eigenvalue weighted by molar-refractivity contribution is 5.87. The van der Waals surface area contributed by atoms with Gasteiger partial charge in [0, 0.05) is 12.6 Å². The van der Waals surface area contributed by atoms with Crippen LogP contribution in [0.3, 0.4) is 0 Å². The molecule has 0 atom stereocenters. The van der Waals surface area contributed by atoms with Crippen molar-refractivity contribution in [3.05, 3.63) is 51.9 Å². The summed E-state index contributed by atoms with van der Waals surface area (Å²) in [4.78, 5) is 15.7.